The van der Waals surface area contributed by atoms with Gasteiger partial charge >= 0.3 is 12.0 Å². The summed E-state index contributed by atoms with van der Waals surface area (Å²) in [5.41, 5.74) is 1.05. The maximum Gasteiger partial charge on any atom is 0.395 e. The van der Waals surface area contributed by atoms with Crippen LogP contribution in [0.2, 0.25) is 5.15 Å². The van der Waals surface area contributed by atoms with E-state index in [1.54, 1.807) is 13.0 Å². The van der Waals surface area contributed by atoms with Crippen LogP contribution in [0.25, 0.3) is 15.1 Å². The third-order valence-electron chi connectivity index (χ3n) is 4.00. The summed E-state index contributed by atoms with van der Waals surface area (Å²) in [6.07, 6.45) is 0. The summed E-state index contributed by atoms with van der Waals surface area (Å²) in [5, 5.41) is 0.275. The van der Waals surface area contributed by atoms with Gasteiger partial charge in [0.1, 0.15) is 11.3 Å². The lowest BCUT2D eigenvalue weighted by molar-refractivity contribution is -0.143. The number of esters is 1. The number of carbonyl (C=O) groups is 1. The Morgan fingerprint density at radius 1 is 1.68 bits per heavy atom. The number of morpholine rings is 1. The molecule has 1 aliphatic heterocycles. The molecule has 0 amide bonds. The molecule has 0 N–H and O–H groups in total. The first-order valence-electron chi connectivity index (χ1n) is 7.90. The highest BCUT2D eigenvalue weighted by Crippen LogP contribution is 2.36. The quantitative estimate of drug-likeness (QED) is 0.599. The van der Waals surface area contributed by atoms with Gasteiger partial charge in [0, 0.05) is 6.54 Å². The van der Waals surface area contributed by atoms with E-state index in [0.717, 1.165) is 11.5 Å². The molecule has 0 saturated carbocycles. The number of pyridine rings is 1. The second-order valence-corrected chi connectivity index (χ2v) is 6.75. The van der Waals surface area contributed by atoms with Crippen molar-refractivity contribution in [3.8, 4) is 0 Å². The predicted octanol–water partition coefficient (Wildman–Crippen LogP) is 3.09. The molecule has 0 aliphatic carbocycles. The molecule has 1 fully saturated rings. The Morgan fingerprint density at radius 2 is 2.48 bits per heavy atom. The molecule has 2 atom stereocenters. The van der Waals surface area contributed by atoms with Crippen LogP contribution in [-0.2, 0) is 14.3 Å². The van der Waals surface area contributed by atoms with E-state index in [2.05, 4.69) is 19.1 Å². The van der Waals surface area contributed by atoms with E-state index in [9.17, 15) is 4.79 Å². The van der Waals surface area contributed by atoms with Crippen molar-refractivity contribution in [2.75, 3.05) is 31.3 Å². The lowest BCUT2D eigenvalue weighted by Crippen LogP contribution is -2.44. The molecule has 0 spiro atoms. The summed E-state index contributed by atoms with van der Waals surface area (Å²) in [4.78, 5) is 22.4. The monoisotopic (exact) mass is 380 g/mol. The Kier molecular flexibility index (Phi) is 5.37. The second-order valence-electron chi connectivity index (χ2n) is 5.62. The van der Waals surface area contributed by atoms with Crippen LogP contribution in [0, 0.1) is 6.57 Å². The molecule has 1 aliphatic rings. The predicted molar refractivity (Wildman–Crippen MR) is 96.0 cm³/mol. The summed E-state index contributed by atoms with van der Waals surface area (Å²) in [5.74, 6) is 0.0915. The van der Waals surface area contributed by atoms with Crippen molar-refractivity contribution in [2.24, 2.45) is 0 Å². The zero-order chi connectivity index (χ0) is 18.0. The Morgan fingerprint density at radius 3 is 3.16 bits per heavy atom. The van der Waals surface area contributed by atoms with Crippen LogP contribution in [0.15, 0.2) is 6.07 Å². The smallest absolute Gasteiger partial charge is 0.395 e. The largest absolute Gasteiger partial charge is 0.460 e. The summed E-state index contributed by atoms with van der Waals surface area (Å²) < 4.78 is 15.3. The van der Waals surface area contributed by atoms with Crippen LogP contribution >= 0.6 is 23.1 Å². The molecule has 2 aromatic rings. The number of aromatic nitrogens is 2. The zero-order valence-corrected chi connectivity index (χ0v) is 15.4. The fourth-order valence-corrected chi connectivity index (χ4v) is 3.85. The van der Waals surface area contributed by atoms with Crippen molar-refractivity contribution in [3.63, 3.8) is 0 Å². The van der Waals surface area contributed by atoms with Gasteiger partial charge in [0.15, 0.2) is 5.15 Å². The third kappa shape index (κ3) is 3.40. The van der Waals surface area contributed by atoms with Crippen molar-refractivity contribution >= 4 is 45.1 Å². The molecule has 7 nitrogen and oxygen atoms in total. The van der Waals surface area contributed by atoms with Crippen molar-refractivity contribution < 1.29 is 14.3 Å². The van der Waals surface area contributed by atoms with E-state index >= 15 is 0 Å². The van der Waals surface area contributed by atoms with Gasteiger partial charge in [-0.1, -0.05) is 11.6 Å². The second kappa shape index (κ2) is 7.52. The van der Waals surface area contributed by atoms with Gasteiger partial charge in [-0.05, 0) is 31.4 Å². The molecule has 132 valence electrons. The Balaban J connectivity index is 2.13. The number of rotatable bonds is 4. The van der Waals surface area contributed by atoms with E-state index in [4.69, 9.17) is 27.6 Å². The van der Waals surface area contributed by atoms with E-state index in [1.807, 2.05) is 6.92 Å². The number of anilines is 1. The molecular weight excluding hydrogens is 364 g/mol. The van der Waals surface area contributed by atoms with E-state index in [-0.39, 0.29) is 17.8 Å². The van der Waals surface area contributed by atoms with Crippen molar-refractivity contribution in [1.82, 2.24) is 9.36 Å². The molecule has 9 heteroatoms. The number of hydrogen-bond donors (Lipinski definition) is 0. The average Bonchev–Trinajstić information content (AvgIpc) is 2.97. The van der Waals surface area contributed by atoms with Gasteiger partial charge in [-0.3, -0.25) is 4.85 Å². The number of nitrogens with zero attached hydrogens (tertiary/aromatic N) is 4. The number of carbonyl (C=O) groups excluding carboxylic acids is 1. The summed E-state index contributed by atoms with van der Waals surface area (Å²) in [6.45, 7) is 13.3. The zero-order valence-electron chi connectivity index (χ0n) is 13.9. The summed E-state index contributed by atoms with van der Waals surface area (Å²) in [6, 6.07) is 0.848. The van der Waals surface area contributed by atoms with Crippen molar-refractivity contribution in [3.05, 3.63) is 28.2 Å². The number of halogens is 1. The van der Waals surface area contributed by atoms with Gasteiger partial charge in [0.2, 0.25) is 0 Å². The Hall–Kier alpha value is -1.95. The van der Waals surface area contributed by atoms with Crippen molar-refractivity contribution in [1.29, 1.82) is 0 Å². The molecule has 3 rings (SSSR count). The van der Waals surface area contributed by atoms with Gasteiger partial charge < -0.3 is 14.4 Å². The van der Waals surface area contributed by atoms with Crippen LogP contribution in [0.3, 0.4) is 0 Å². The van der Waals surface area contributed by atoms with Crippen LogP contribution in [0.4, 0.5) is 5.82 Å². The van der Waals surface area contributed by atoms with Gasteiger partial charge in [-0.25, -0.2) is 16.4 Å². The molecule has 0 radical (unpaired) electrons. The lowest BCUT2D eigenvalue weighted by Gasteiger charge is -2.34. The van der Waals surface area contributed by atoms with Crippen molar-refractivity contribution in [2.45, 2.75) is 25.9 Å². The fourth-order valence-electron chi connectivity index (χ4n) is 2.79. The minimum Gasteiger partial charge on any atom is -0.460 e. The highest BCUT2D eigenvalue weighted by molar-refractivity contribution is 7.14. The van der Waals surface area contributed by atoms with Gasteiger partial charge in [0.25, 0.3) is 0 Å². The highest BCUT2D eigenvalue weighted by Gasteiger charge is 2.33. The summed E-state index contributed by atoms with van der Waals surface area (Å²) >= 11 is 7.32. The Labute approximate surface area is 154 Å². The van der Waals surface area contributed by atoms with Crippen LogP contribution < -0.4 is 4.90 Å². The molecule has 25 heavy (non-hydrogen) atoms. The topological polar surface area (TPSA) is 68.9 Å². The summed E-state index contributed by atoms with van der Waals surface area (Å²) in [7, 11) is 0. The Bertz CT molecular complexity index is 835. The van der Waals surface area contributed by atoms with Crippen LogP contribution in [0.1, 0.15) is 25.5 Å². The molecule has 3 heterocycles. The maximum atomic E-state index is 12.2. The molecule has 1 saturated heterocycles. The number of fused-ring (bicyclic) bond motifs is 1. The number of ether oxygens (including phenoxy) is 2. The van der Waals surface area contributed by atoms with Gasteiger partial charge in [-0.2, -0.15) is 4.37 Å². The minimum absolute atomic E-state index is 0.130. The molecule has 0 bridgehead atoms. The van der Waals surface area contributed by atoms with E-state index < -0.39 is 12.0 Å². The number of hydrogen-bond acceptors (Lipinski definition) is 7. The fraction of sp³-hybridized carbons (Fsp3) is 0.500. The first-order chi connectivity index (χ1) is 12.1. The first-order valence-corrected chi connectivity index (χ1v) is 9.05. The van der Waals surface area contributed by atoms with Crippen LogP contribution in [-0.4, -0.2) is 47.7 Å². The van der Waals surface area contributed by atoms with Gasteiger partial charge in [0.05, 0.1) is 36.1 Å². The van der Waals surface area contributed by atoms with E-state index in [0.29, 0.717) is 41.4 Å². The first kappa shape index (κ1) is 17.9. The molecule has 0 aromatic carbocycles. The lowest BCUT2D eigenvalue weighted by atomic mass is 10.1. The van der Waals surface area contributed by atoms with E-state index in [1.165, 1.54) is 0 Å². The molecule has 2 aromatic heterocycles. The van der Waals surface area contributed by atoms with Gasteiger partial charge in [-0.15, -0.1) is 0 Å². The normalized spacial score (nSPS) is 18.8. The third-order valence-corrected chi connectivity index (χ3v) is 5.25. The SMILES string of the molecule is [C-]#[N+]C(C(=O)OCC)c1cc(N2CCOC[C@H]2C)nc2c(Cl)nsc12. The van der Waals surface area contributed by atoms with Crippen LogP contribution in [0.5, 0.6) is 0 Å². The minimum atomic E-state index is -1.06. The molecular formula is C16H17ClN4O3S. The average molecular weight is 381 g/mol. The maximum absolute atomic E-state index is 12.2. The highest BCUT2D eigenvalue weighted by atomic mass is 35.5. The standard InChI is InChI=1S/C16H17ClN4O3S/c1-4-24-16(22)12(18-3)10-7-11(21-5-6-23-8-9(21)2)19-13-14(10)25-20-15(13)17/h7,9,12H,4-6,8H2,1-2H3/t9-,12?/m1/s1. The molecule has 1 unspecified atom stereocenters.